The van der Waals surface area contributed by atoms with Gasteiger partial charge in [0.2, 0.25) is 0 Å². The zero-order valence-electron chi connectivity index (χ0n) is 10.7. The van der Waals surface area contributed by atoms with Gasteiger partial charge in [0.15, 0.2) is 6.29 Å². The molecule has 96 valence electrons. The van der Waals surface area contributed by atoms with Gasteiger partial charge in [0.1, 0.15) is 5.78 Å². The fourth-order valence-electron chi connectivity index (χ4n) is 3.95. The van der Waals surface area contributed by atoms with Gasteiger partial charge in [-0.2, -0.15) is 0 Å². The molecule has 1 atom stereocenters. The van der Waals surface area contributed by atoms with E-state index >= 15 is 0 Å². The van der Waals surface area contributed by atoms with Gasteiger partial charge in [0.25, 0.3) is 0 Å². The van der Waals surface area contributed by atoms with Crippen LogP contribution in [0.4, 0.5) is 0 Å². The van der Waals surface area contributed by atoms with Crippen LogP contribution in [0.15, 0.2) is 0 Å². The lowest BCUT2D eigenvalue weighted by molar-refractivity contribution is -0.190. The molecule has 17 heavy (non-hydrogen) atoms. The molecule has 0 amide bonds. The second-order valence-electron chi connectivity index (χ2n) is 6.30. The maximum atomic E-state index is 11.6. The van der Waals surface area contributed by atoms with Crippen molar-refractivity contribution in [1.29, 1.82) is 0 Å². The first-order valence-corrected chi connectivity index (χ1v) is 6.89. The Morgan fingerprint density at radius 3 is 2.76 bits per heavy atom. The monoisotopic (exact) mass is 238 g/mol. The van der Waals surface area contributed by atoms with E-state index in [9.17, 15) is 4.79 Å². The van der Waals surface area contributed by atoms with E-state index in [4.69, 9.17) is 9.47 Å². The molecule has 0 spiro atoms. The Bertz CT molecular complexity index is 311. The van der Waals surface area contributed by atoms with Crippen molar-refractivity contribution in [2.75, 3.05) is 13.2 Å². The molecular formula is C14H22O3. The Hall–Kier alpha value is -0.410. The molecule has 3 nitrogen and oxygen atoms in total. The number of rotatable bonds is 4. The SMILES string of the molecule is CC(=O)C12CCC(COC3CCCCO3)(C1)C2. The second kappa shape index (κ2) is 4.06. The number of carbonyl (C=O) groups is 1. The highest BCUT2D eigenvalue weighted by molar-refractivity contribution is 5.84. The zero-order chi connectivity index (χ0) is 11.9. The van der Waals surface area contributed by atoms with E-state index in [1.165, 1.54) is 19.3 Å². The fourth-order valence-corrected chi connectivity index (χ4v) is 3.95. The Balaban J connectivity index is 1.50. The van der Waals surface area contributed by atoms with Crippen molar-refractivity contribution >= 4 is 5.78 Å². The number of fused-ring (bicyclic) bond motifs is 1. The average Bonchev–Trinajstić information content (AvgIpc) is 2.84. The third-order valence-electron chi connectivity index (χ3n) is 5.02. The molecule has 3 saturated carbocycles. The van der Waals surface area contributed by atoms with Crippen molar-refractivity contribution in [2.45, 2.75) is 58.2 Å². The minimum absolute atomic E-state index is 0.0195. The first-order valence-electron chi connectivity index (χ1n) is 6.89. The fraction of sp³-hybridized carbons (Fsp3) is 0.929. The van der Waals surface area contributed by atoms with Crippen LogP contribution in [0.1, 0.15) is 51.9 Å². The zero-order valence-corrected chi connectivity index (χ0v) is 10.7. The lowest BCUT2D eigenvalue weighted by Crippen LogP contribution is -2.45. The summed E-state index contributed by atoms with van der Waals surface area (Å²) >= 11 is 0. The van der Waals surface area contributed by atoms with Gasteiger partial charge in [-0.05, 0) is 57.3 Å². The lowest BCUT2D eigenvalue weighted by Gasteiger charge is -2.46. The van der Waals surface area contributed by atoms with Gasteiger partial charge in [0, 0.05) is 12.0 Å². The molecular weight excluding hydrogens is 216 g/mol. The van der Waals surface area contributed by atoms with Crippen LogP contribution in [0, 0.1) is 10.8 Å². The van der Waals surface area contributed by atoms with Gasteiger partial charge in [-0.25, -0.2) is 0 Å². The van der Waals surface area contributed by atoms with E-state index in [-0.39, 0.29) is 11.7 Å². The Morgan fingerprint density at radius 2 is 2.18 bits per heavy atom. The van der Waals surface area contributed by atoms with Crippen molar-refractivity contribution in [2.24, 2.45) is 10.8 Å². The molecule has 1 aliphatic heterocycles. The number of carbonyl (C=O) groups excluding carboxylic acids is 1. The van der Waals surface area contributed by atoms with Crippen molar-refractivity contribution in [1.82, 2.24) is 0 Å². The number of ether oxygens (including phenoxy) is 2. The average molecular weight is 238 g/mol. The first kappa shape index (κ1) is 11.7. The maximum Gasteiger partial charge on any atom is 0.157 e. The highest BCUT2D eigenvalue weighted by atomic mass is 16.7. The summed E-state index contributed by atoms with van der Waals surface area (Å²) in [6, 6.07) is 0. The molecule has 4 rings (SSSR count). The van der Waals surface area contributed by atoms with Crippen LogP contribution in [0.2, 0.25) is 0 Å². The van der Waals surface area contributed by atoms with E-state index in [0.717, 1.165) is 38.9 Å². The Kier molecular flexibility index (Phi) is 2.79. The van der Waals surface area contributed by atoms with Crippen LogP contribution >= 0.6 is 0 Å². The van der Waals surface area contributed by atoms with Crippen LogP contribution in [0.25, 0.3) is 0 Å². The van der Waals surface area contributed by atoms with E-state index in [2.05, 4.69) is 0 Å². The first-order chi connectivity index (χ1) is 8.14. The van der Waals surface area contributed by atoms with Gasteiger partial charge in [0.05, 0.1) is 6.61 Å². The molecule has 1 saturated heterocycles. The number of hydrogen-bond acceptors (Lipinski definition) is 3. The van der Waals surface area contributed by atoms with Gasteiger partial charge in [-0.3, -0.25) is 4.79 Å². The summed E-state index contributed by atoms with van der Waals surface area (Å²) in [6.07, 6.45) is 7.80. The number of Topliss-reactive ketones (excluding diaryl/α,β-unsaturated/α-hetero) is 1. The molecule has 3 aliphatic carbocycles. The van der Waals surface area contributed by atoms with E-state index < -0.39 is 0 Å². The van der Waals surface area contributed by atoms with Crippen molar-refractivity contribution in [3.05, 3.63) is 0 Å². The third kappa shape index (κ3) is 1.93. The van der Waals surface area contributed by atoms with Crippen LogP contribution in [-0.4, -0.2) is 25.3 Å². The smallest absolute Gasteiger partial charge is 0.157 e. The molecule has 1 unspecified atom stereocenters. The van der Waals surface area contributed by atoms with Gasteiger partial charge >= 0.3 is 0 Å². The number of hydrogen-bond donors (Lipinski definition) is 0. The number of ketones is 1. The maximum absolute atomic E-state index is 11.6. The molecule has 0 aromatic carbocycles. The summed E-state index contributed by atoms with van der Waals surface area (Å²) in [7, 11) is 0. The second-order valence-corrected chi connectivity index (χ2v) is 6.30. The van der Waals surface area contributed by atoms with E-state index in [0.29, 0.717) is 11.2 Å². The summed E-state index contributed by atoms with van der Waals surface area (Å²) in [5.74, 6) is 0.388. The molecule has 2 bridgehead atoms. The highest BCUT2D eigenvalue weighted by Gasteiger charge is 2.62. The summed E-state index contributed by atoms with van der Waals surface area (Å²) in [5.41, 5.74) is 0.350. The van der Waals surface area contributed by atoms with Crippen LogP contribution in [0.5, 0.6) is 0 Å². The van der Waals surface area contributed by atoms with Crippen molar-refractivity contribution in [3.8, 4) is 0 Å². The van der Waals surface area contributed by atoms with E-state index in [1.54, 1.807) is 6.92 Å². The molecule has 0 N–H and O–H groups in total. The summed E-state index contributed by atoms with van der Waals surface area (Å²) in [6.45, 7) is 3.39. The predicted molar refractivity (Wildman–Crippen MR) is 63.6 cm³/mol. The Morgan fingerprint density at radius 1 is 1.35 bits per heavy atom. The lowest BCUT2D eigenvalue weighted by atomic mass is 9.59. The topological polar surface area (TPSA) is 35.5 Å². The molecule has 0 radical (unpaired) electrons. The van der Waals surface area contributed by atoms with Gasteiger partial charge in [-0.1, -0.05) is 0 Å². The summed E-state index contributed by atoms with van der Waals surface area (Å²) in [4.78, 5) is 11.6. The molecule has 0 aromatic rings. The van der Waals surface area contributed by atoms with Crippen LogP contribution in [-0.2, 0) is 14.3 Å². The third-order valence-corrected chi connectivity index (χ3v) is 5.02. The van der Waals surface area contributed by atoms with Gasteiger partial charge in [-0.15, -0.1) is 0 Å². The predicted octanol–water partition coefficient (Wildman–Crippen LogP) is 2.68. The van der Waals surface area contributed by atoms with Gasteiger partial charge < -0.3 is 9.47 Å². The normalized spacial score (nSPS) is 44.4. The molecule has 0 aromatic heterocycles. The van der Waals surface area contributed by atoms with Crippen molar-refractivity contribution < 1.29 is 14.3 Å². The van der Waals surface area contributed by atoms with Crippen LogP contribution in [0.3, 0.4) is 0 Å². The van der Waals surface area contributed by atoms with Crippen molar-refractivity contribution in [3.63, 3.8) is 0 Å². The van der Waals surface area contributed by atoms with E-state index in [1.807, 2.05) is 0 Å². The standard InChI is InChI=1S/C14H22O3/c1-11(15)14-6-5-13(8-14,9-14)10-17-12-4-2-3-7-16-12/h12H,2-10H2,1H3. The molecule has 4 fully saturated rings. The summed E-state index contributed by atoms with van der Waals surface area (Å²) in [5, 5.41) is 0. The summed E-state index contributed by atoms with van der Waals surface area (Å²) < 4.78 is 11.5. The largest absolute Gasteiger partial charge is 0.353 e. The minimum Gasteiger partial charge on any atom is -0.353 e. The highest BCUT2D eigenvalue weighted by Crippen LogP contribution is 2.67. The molecule has 4 aliphatic rings. The quantitative estimate of drug-likeness (QED) is 0.755. The Labute approximate surface area is 103 Å². The molecule has 1 heterocycles. The van der Waals surface area contributed by atoms with Crippen LogP contribution < -0.4 is 0 Å². The molecule has 3 heteroatoms. The minimum atomic E-state index is 0.0195.